The number of halogens is 3. The molecule has 0 radical (unpaired) electrons. The maximum absolute atomic E-state index is 12.3. The summed E-state index contributed by atoms with van der Waals surface area (Å²) < 4.78 is 37.0. The molecule has 0 aliphatic heterocycles. The molecule has 2 aromatic rings. The van der Waals surface area contributed by atoms with Crippen LogP contribution in [0, 0.1) is 0 Å². The Balaban J connectivity index is 1.98. The number of anilines is 2. The number of nitrogens with two attached hydrogens (primary N) is 1. The minimum absolute atomic E-state index is 0.393. The molecule has 0 aliphatic carbocycles. The summed E-state index contributed by atoms with van der Waals surface area (Å²) in [6.45, 7) is 0.471. The van der Waals surface area contributed by atoms with Gasteiger partial charge in [-0.2, -0.15) is 13.2 Å². The van der Waals surface area contributed by atoms with Gasteiger partial charge in [-0.05, 0) is 29.8 Å². The van der Waals surface area contributed by atoms with Gasteiger partial charge in [-0.15, -0.1) is 0 Å². The van der Waals surface area contributed by atoms with Crippen molar-refractivity contribution in [1.29, 1.82) is 0 Å². The Morgan fingerprint density at radius 1 is 1.05 bits per heavy atom. The van der Waals surface area contributed by atoms with E-state index in [1.54, 1.807) is 12.1 Å². The molecule has 0 unspecified atom stereocenters. The molecule has 6 heteroatoms. The van der Waals surface area contributed by atoms with Gasteiger partial charge in [-0.3, -0.25) is 0 Å². The molecule has 2 rings (SSSR count). The molecule has 100 valence electrons. The number of alkyl halides is 3. The first-order valence-corrected chi connectivity index (χ1v) is 5.57. The third-order valence-corrected chi connectivity index (χ3v) is 2.54. The fourth-order valence-electron chi connectivity index (χ4n) is 1.49. The molecule has 0 saturated heterocycles. The van der Waals surface area contributed by atoms with Crippen molar-refractivity contribution in [3.8, 4) is 0 Å². The summed E-state index contributed by atoms with van der Waals surface area (Å²) in [6.07, 6.45) is -3.55. The number of nitrogen functional groups attached to an aromatic ring is 1. The quantitative estimate of drug-likeness (QED) is 0.839. The number of aromatic nitrogens is 1. The fourth-order valence-corrected chi connectivity index (χ4v) is 1.49. The van der Waals surface area contributed by atoms with Gasteiger partial charge in [-0.1, -0.05) is 12.1 Å². The van der Waals surface area contributed by atoms with E-state index in [-0.39, 0.29) is 0 Å². The van der Waals surface area contributed by atoms with E-state index in [1.165, 1.54) is 6.07 Å². The van der Waals surface area contributed by atoms with E-state index in [9.17, 15) is 13.2 Å². The Bertz CT molecular complexity index is 533. The van der Waals surface area contributed by atoms with E-state index in [0.29, 0.717) is 18.1 Å². The molecule has 3 N–H and O–H groups in total. The predicted octanol–water partition coefficient (Wildman–Crippen LogP) is 3.29. The van der Waals surface area contributed by atoms with Crippen LogP contribution >= 0.6 is 0 Å². The maximum Gasteiger partial charge on any atom is 0.417 e. The van der Waals surface area contributed by atoms with Gasteiger partial charge < -0.3 is 11.1 Å². The number of nitrogens with zero attached hydrogens (tertiary/aromatic N) is 1. The van der Waals surface area contributed by atoms with E-state index in [1.807, 2.05) is 12.1 Å². The van der Waals surface area contributed by atoms with Crippen LogP contribution in [-0.2, 0) is 12.7 Å². The van der Waals surface area contributed by atoms with Crippen molar-refractivity contribution >= 4 is 11.5 Å². The summed E-state index contributed by atoms with van der Waals surface area (Å²) in [5, 5.41) is 2.94. The first-order chi connectivity index (χ1) is 8.95. The van der Waals surface area contributed by atoms with Crippen molar-refractivity contribution < 1.29 is 13.2 Å². The molecular formula is C13H12F3N3. The Hall–Kier alpha value is -2.24. The molecule has 0 amide bonds. The lowest BCUT2D eigenvalue weighted by Gasteiger charge is -2.08. The lowest BCUT2D eigenvalue weighted by molar-refractivity contribution is -0.137. The second-order valence-electron chi connectivity index (χ2n) is 4.03. The van der Waals surface area contributed by atoms with E-state index >= 15 is 0 Å². The minimum atomic E-state index is -4.36. The number of hydrogen-bond donors (Lipinski definition) is 2. The molecule has 0 fully saturated rings. The van der Waals surface area contributed by atoms with Gasteiger partial charge in [-0.25, -0.2) is 4.98 Å². The number of nitrogens with one attached hydrogen (secondary N) is 1. The topological polar surface area (TPSA) is 50.9 Å². The van der Waals surface area contributed by atoms with Crippen LogP contribution in [0.1, 0.15) is 11.1 Å². The smallest absolute Gasteiger partial charge is 0.399 e. The highest BCUT2D eigenvalue weighted by atomic mass is 19.4. The van der Waals surface area contributed by atoms with E-state index < -0.39 is 11.7 Å². The first kappa shape index (κ1) is 13.2. The second kappa shape index (κ2) is 5.17. The Morgan fingerprint density at radius 2 is 1.74 bits per heavy atom. The van der Waals surface area contributed by atoms with Gasteiger partial charge in [0.05, 0.1) is 5.56 Å². The zero-order valence-electron chi connectivity index (χ0n) is 9.91. The third-order valence-electron chi connectivity index (χ3n) is 2.54. The van der Waals surface area contributed by atoms with Crippen molar-refractivity contribution in [2.24, 2.45) is 0 Å². The second-order valence-corrected chi connectivity index (χ2v) is 4.03. The summed E-state index contributed by atoms with van der Waals surface area (Å²) in [5.74, 6) is 0.393. The van der Waals surface area contributed by atoms with Crippen molar-refractivity contribution in [1.82, 2.24) is 4.98 Å². The van der Waals surface area contributed by atoms with E-state index in [0.717, 1.165) is 17.8 Å². The van der Waals surface area contributed by atoms with Gasteiger partial charge in [0.15, 0.2) is 0 Å². The Labute approximate surface area is 108 Å². The highest BCUT2D eigenvalue weighted by molar-refractivity contribution is 5.41. The molecule has 0 spiro atoms. The lowest BCUT2D eigenvalue weighted by atomic mass is 10.2. The van der Waals surface area contributed by atoms with E-state index in [2.05, 4.69) is 10.3 Å². The average molecular weight is 267 g/mol. The molecule has 1 heterocycles. The van der Waals surface area contributed by atoms with Crippen LogP contribution < -0.4 is 11.1 Å². The Kier molecular flexibility index (Phi) is 3.59. The summed E-state index contributed by atoms with van der Waals surface area (Å²) in [7, 11) is 0. The monoisotopic (exact) mass is 267 g/mol. The van der Waals surface area contributed by atoms with Crippen LogP contribution in [0.4, 0.5) is 24.7 Å². The van der Waals surface area contributed by atoms with Crippen molar-refractivity contribution in [2.45, 2.75) is 12.7 Å². The normalized spacial score (nSPS) is 11.3. The van der Waals surface area contributed by atoms with Crippen LogP contribution in [0.25, 0.3) is 0 Å². The third kappa shape index (κ3) is 3.61. The highest BCUT2D eigenvalue weighted by Crippen LogP contribution is 2.28. The zero-order valence-corrected chi connectivity index (χ0v) is 9.91. The van der Waals surface area contributed by atoms with Gasteiger partial charge in [0, 0.05) is 18.4 Å². The number of rotatable bonds is 3. The average Bonchev–Trinajstić information content (AvgIpc) is 2.37. The van der Waals surface area contributed by atoms with E-state index in [4.69, 9.17) is 5.73 Å². The Morgan fingerprint density at radius 3 is 2.26 bits per heavy atom. The highest BCUT2D eigenvalue weighted by Gasteiger charge is 2.30. The van der Waals surface area contributed by atoms with Crippen LogP contribution in [0.15, 0.2) is 42.6 Å². The molecule has 3 nitrogen and oxygen atoms in total. The van der Waals surface area contributed by atoms with Gasteiger partial charge >= 0.3 is 6.18 Å². The summed E-state index contributed by atoms with van der Waals surface area (Å²) >= 11 is 0. The summed E-state index contributed by atoms with van der Waals surface area (Å²) in [5.41, 5.74) is 6.43. The van der Waals surface area contributed by atoms with Crippen molar-refractivity contribution in [3.63, 3.8) is 0 Å². The SMILES string of the molecule is Nc1ccc(CNc2ccc(C(F)(F)F)cn2)cc1. The van der Waals surface area contributed by atoms with Crippen LogP contribution in [-0.4, -0.2) is 4.98 Å². The fraction of sp³-hybridized carbons (Fsp3) is 0.154. The maximum atomic E-state index is 12.3. The largest absolute Gasteiger partial charge is 0.417 e. The minimum Gasteiger partial charge on any atom is -0.399 e. The number of pyridine rings is 1. The first-order valence-electron chi connectivity index (χ1n) is 5.57. The van der Waals surface area contributed by atoms with Gasteiger partial charge in [0.1, 0.15) is 5.82 Å². The van der Waals surface area contributed by atoms with Crippen LogP contribution in [0.5, 0.6) is 0 Å². The molecule has 1 aromatic carbocycles. The molecular weight excluding hydrogens is 255 g/mol. The van der Waals surface area contributed by atoms with Gasteiger partial charge in [0.2, 0.25) is 0 Å². The summed E-state index contributed by atoms with van der Waals surface area (Å²) in [4.78, 5) is 3.72. The van der Waals surface area contributed by atoms with Crippen LogP contribution in [0.2, 0.25) is 0 Å². The lowest BCUT2D eigenvalue weighted by Crippen LogP contribution is -2.07. The number of benzene rings is 1. The molecule has 1 aromatic heterocycles. The molecule has 0 bridgehead atoms. The van der Waals surface area contributed by atoms with Crippen molar-refractivity contribution in [2.75, 3.05) is 11.1 Å². The van der Waals surface area contributed by atoms with Gasteiger partial charge in [0.25, 0.3) is 0 Å². The standard InChI is InChI=1S/C13H12F3N3/c14-13(15,16)10-3-6-12(19-8-10)18-7-9-1-4-11(17)5-2-9/h1-6,8H,7,17H2,(H,18,19). The number of hydrogen-bond acceptors (Lipinski definition) is 3. The molecule has 0 saturated carbocycles. The molecule has 0 aliphatic rings. The molecule has 19 heavy (non-hydrogen) atoms. The van der Waals surface area contributed by atoms with Crippen molar-refractivity contribution in [3.05, 3.63) is 53.7 Å². The summed E-state index contributed by atoms with van der Waals surface area (Å²) in [6, 6.07) is 9.51. The predicted molar refractivity (Wildman–Crippen MR) is 67.4 cm³/mol. The molecule has 0 atom stereocenters. The zero-order chi connectivity index (χ0) is 13.9. The van der Waals surface area contributed by atoms with Crippen LogP contribution in [0.3, 0.4) is 0 Å².